The molecule has 0 unspecified atom stereocenters. The number of fused-ring (bicyclic) bond motifs is 1. The molecule has 0 fully saturated rings. The molecule has 0 radical (unpaired) electrons. The number of benzene rings is 3. The summed E-state index contributed by atoms with van der Waals surface area (Å²) in [6, 6.07) is 20.3. The van der Waals surface area contributed by atoms with Crippen molar-refractivity contribution in [1.29, 1.82) is 0 Å². The van der Waals surface area contributed by atoms with Crippen molar-refractivity contribution in [1.82, 2.24) is 4.98 Å². The van der Waals surface area contributed by atoms with Gasteiger partial charge >= 0.3 is 0 Å². The zero-order valence-electron chi connectivity index (χ0n) is 15.6. The van der Waals surface area contributed by atoms with E-state index in [9.17, 15) is 4.79 Å². The predicted octanol–water partition coefficient (Wildman–Crippen LogP) is 5.81. The summed E-state index contributed by atoms with van der Waals surface area (Å²) in [4.78, 5) is 16.7. The SMILES string of the molecule is COc1ccc(-c2nc3cc(NC(=O)/C=C/c4ccccc4)ccc3o2)cc1Cl. The summed E-state index contributed by atoms with van der Waals surface area (Å²) in [5, 5.41) is 3.31. The minimum absolute atomic E-state index is 0.223. The van der Waals surface area contributed by atoms with Gasteiger partial charge in [-0.3, -0.25) is 4.79 Å². The van der Waals surface area contributed by atoms with Crippen LogP contribution in [-0.2, 0) is 4.79 Å². The van der Waals surface area contributed by atoms with Gasteiger partial charge in [-0.25, -0.2) is 4.98 Å². The molecule has 0 aliphatic rings. The molecule has 0 bridgehead atoms. The van der Waals surface area contributed by atoms with E-state index in [2.05, 4.69) is 10.3 Å². The van der Waals surface area contributed by atoms with Gasteiger partial charge in [0.1, 0.15) is 11.3 Å². The first-order valence-electron chi connectivity index (χ1n) is 8.91. The third kappa shape index (κ3) is 4.31. The molecule has 1 aromatic heterocycles. The summed E-state index contributed by atoms with van der Waals surface area (Å²) in [7, 11) is 1.56. The Hall–Kier alpha value is -3.57. The Morgan fingerprint density at radius 1 is 1.10 bits per heavy atom. The lowest BCUT2D eigenvalue weighted by atomic mass is 10.2. The van der Waals surface area contributed by atoms with Gasteiger partial charge in [0.05, 0.1) is 12.1 Å². The smallest absolute Gasteiger partial charge is 0.248 e. The number of oxazole rings is 1. The van der Waals surface area contributed by atoms with Crippen LogP contribution in [0.25, 0.3) is 28.6 Å². The number of rotatable bonds is 5. The van der Waals surface area contributed by atoms with Gasteiger partial charge in [0.2, 0.25) is 11.8 Å². The average Bonchev–Trinajstić information content (AvgIpc) is 3.16. The fraction of sp³-hybridized carbons (Fsp3) is 0.0435. The van der Waals surface area contributed by atoms with Crippen LogP contribution in [-0.4, -0.2) is 18.0 Å². The molecule has 1 heterocycles. The highest BCUT2D eigenvalue weighted by Crippen LogP contribution is 2.32. The third-order valence-corrected chi connectivity index (χ3v) is 4.58. The van der Waals surface area contributed by atoms with Crippen LogP contribution in [0.5, 0.6) is 5.75 Å². The Morgan fingerprint density at radius 3 is 2.69 bits per heavy atom. The molecule has 0 saturated carbocycles. The molecule has 3 aromatic carbocycles. The minimum atomic E-state index is -0.223. The predicted molar refractivity (Wildman–Crippen MR) is 115 cm³/mol. The first-order valence-corrected chi connectivity index (χ1v) is 9.29. The summed E-state index contributed by atoms with van der Waals surface area (Å²) in [5.41, 5.74) is 3.58. The van der Waals surface area contributed by atoms with E-state index in [0.717, 1.165) is 11.1 Å². The van der Waals surface area contributed by atoms with Gasteiger partial charge in [-0.1, -0.05) is 41.9 Å². The number of ether oxygens (including phenoxy) is 1. The Morgan fingerprint density at radius 2 is 1.93 bits per heavy atom. The van der Waals surface area contributed by atoms with Crippen molar-refractivity contribution >= 4 is 40.4 Å². The first kappa shape index (κ1) is 18.8. The van der Waals surface area contributed by atoms with Crippen LogP contribution in [0.3, 0.4) is 0 Å². The Bertz CT molecular complexity index is 1200. The van der Waals surface area contributed by atoms with Crippen LogP contribution in [0, 0.1) is 0 Å². The van der Waals surface area contributed by atoms with E-state index >= 15 is 0 Å². The molecule has 4 rings (SSSR count). The third-order valence-electron chi connectivity index (χ3n) is 4.28. The average molecular weight is 405 g/mol. The van der Waals surface area contributed by atoms with Gasteiger partial charge in [0.25, 0.3) is 0 Å². The van der Waals surface area contributed by atoms with Gasteiger partial charge in [-0.15, -0.1) is 0 Å². The fourth-order valence-electron chi connectivity index (χ4n) is 2.85. The molecule has 0 spiro atoms. The van der Waals surface area contributed by atoms with E-state index in [1.807, 2.05) is 36.4 Å². The van der Waals surface area contributed by atoms with E-state index in [1.165, 1.54) is 6.08 Å². The number of hydrogen-bond donors (Lipinski definition) is 1. The number of methoxy groups -OCH3 is 1. The zero-order valence-corrected chi connectivity index (χ0v) is 16.3. The highest BCUT2D eigenvalue weighted by molar-refractivity contribution is 6.32. The van der Waals surface area contributed by atoms with Crippen molar-refractivity contribution < 1.29 is 13.9 Å². The normalized spacial score (nSPS) is 11.1. The number of nitrogens with zero attached hydrogens (tertiary/aromatic N) is 1. The van der Waals surface area contributed by atoms with E-state index in [1.54, 1.807) is 43.5 Å². The molecule has 1 N–H and O–H groups in total. The molecule has 1 amide bonds. The molecule has 4 aromatic rings. The van der Waals surface area contributed by atoms with Crippen LogP contribution < -0.4 is 10.1 Å². The molecule has 144 valence electrons. The topological polar surface area (TPSA) is 64.4 Å². The van der Waals surface area contributed by atoms with E-state index in [0.29, 0.717) is 33.4 Å². The molecule has 29 heavy (non-hydrogen) atoms. The number of nitrogens with one attached hydrogen (secondary N) is 1. The van der Waals surface area contributed by atoms with Crippen molar-refractivity contribution in [3.05, 3.63) is 83.4 Å². The Labute approximate surface area is 172 Å². The summed E-state index contributed by atoms with van der Waals surface area (Å²) >= 11 is 6.19. The van der Waals surface area contributed by atoms with E-state index in [4.69, 9.17) is 20.8 Å². The molecule has 0 aliphatic heterocycles. The fourth-order valence-corrected chi connectivity index (χ4v) is 3.11. The van der Waals surface area contributed by atoms with Gasteiger partial charge < -0.3 is 14.5 Å². The maximum Gasteiger partial charge on any atom is 0.248 e. The van der Waals surface area contributed by atoms with Crippen LogP contribution in [0.15, 0.2) is 77.2 Å². The monoisotopic (exact) mass is 404 g/mol. The quantitative estimate of drug-likeness (QED) is 0.426. The number of anilines is 1. The second-order valence-electron chi connectivity index (χ2n) is 6.28. The van der Waals surface area contributed by atoms with Crippen molar-refractivity contribution in [3.8, 4) is 17.2 Å². The van der Waals surface area contributed by atoms with Gasteiger partial charge in [0, 0.05) is 17.3 Å². The van der Waals surface area contributed by atoms with E-state index in [-0.39, 0.29) is 5.91 Å². The minimum Gasteiger partial charge on any atom is -0.495 e. The van der Waals surface area contributed by atoms with Crippen LogP contribution >= 0.6 is 11.6 Å². The van der Waals surface area contributed by atoms with Crippen LogP contribution in [0.4, 0.5) is 5.69 Å². The molecule has 5 nitrogen and oxygen atoms in total. The molecule has 0 saturated heterocycles. The van der Waals surface area contributed by atoms with Gasteiger partial charge in [-0.05, 0) is 48.0 Å². The Balaban J connectivity index is 1.53. The summed E-state index contributed by atoms with van der Waals surface area (Å²) in [6.45, 7) is 0. The zero-order chi connectivity index (χ0) is 20.2. The van der Waals surface area contributed by atoms with Gasteiger partial charge in [0.15, 0.2) is 5.58 Å². The number of aromatic nitrogens is 1. The number of halogens is 1. The maximum atomic E-state index is 12.2. The lowest BCUT2D eigenvalue weighted by molar-refractivity contribution is -0.111. The van der Waals surface area contributed by atoms with Crippen molar-refractivity contribution in [2.45, 2.75) is 0 Å². The van der Waals surface area contributed by atoms with Crippen LogP contribution in [0.1, 0.15) is 5.56 Å². The lowest BCUT2D eigenvalue weighted by Crippen LogP contribution is -2.07. The number of hydrogen-bond acceptors (Lipinski definition) is 4. The lowest BCUT2D eigenvalue weighted by Gasteiger charge is -2.03. The van der Waals surface area contributed by atoms with E-state index < -0.39 is 0 Å². The number of carbonyl (C=O) groups excluding carboxylic acids is 1. The number of carbonyl (C=O) groups is 1. The summed E-state index contributed by atoms with van der Waals surface area (Å²) in [6.07, 6.45) is 3.25. The van der Waals surface area contributed by atoms with Crippen molar-refractivity contribution in [2.75, 3.05) is 12.4 Å². The highest BCUT2D eigenvalue weighted by atomic mass is 35.5. The standard InChI is InChI=1S/C23H17ClN2O3/c1-28-20-10-8-16(13-18(20)24)23-26-19-14-17(9-11-21(19)29-23)25-22(27)12-7-15-5-3-2-4-6-15/h2-14H,1H3,(H,25,27)/b12-7+. The molecular formula is C23H17ClN2O3. The van der Waals surface area contributed by atoms with Crippen molar-refractivity contribution in [3.63, 3.8) is 0 Å². The molecular weight excluding hydrogens is 388 g/mol. The van der Waals surface area contributed by atoms with Gasteiger partial charge in [-0.2, -0.15) is 0 Å². The number of amides is 1. The van der Waals surface area contributed by atoms with Crippen molar-refractivity contribution in [2.24, 2.45) is 0 Å². The summed E-state index contributed by atoms with van der Waals surface area (Å²) in [5.74, 6) is 0.802. The molecule has 0 atom stereocenters. The Kier molecular flexibility index (Phi) is 5.31. The summed E-state index contributed by atoms with van der Waals surface area (Å²) < 4.78 is 11.0. The van der Waals surface area contributed by atoms with Crippen LogP contribution in [0.2, 0.25) is 5.02 Å². The molecule has 6 heteroatoms. The largest absolute Gasteiger partial charge is 0.495 e. The second kappa shape index (κ2) is 8.20. The molecule has 0 aliphatic carbocycles. The maximum absolute atomic E-state index is 12.2. The highest BCUT2D eigenvalue weighted by Gasteiger charge is 2.11. The first-order chi connectivity index (χ1) is 14.1. The second-order valence-corrected chi connectivity index (χ2v) is 6.69.